The van der Waals surface area contributed by atoms with Crippen LogP contribution in [0.15, 0.2) is 80.9 Å². The van der Waals surface area contributed by atoms with E-state index in [0.717, 1.165) is 10.9 Å². The third kappa shape index (κ3) is 3.98. The van der Waals surface area contributed by atoms with E-state index in [9.17, 15) is 14.7 Å². The van der Waals surface area contributed by atoms with Gasteiger partial charge < -0.3 is 18.8 Å². The SMILES string of the molecule is CCc1c(O)c(=O)ccn1Cc1cc2ccc(OCc3ccccc3)cc2oc1=O. The van der Waals surface area contributed by atoms with E-state index in [2.05, 4.69) is 0 Å². The number of pyridine rings is 1. The lowest BCUT2D eigenvalue weighted by Gasteiger charge is -2.13. The van der Waals surface area contributed by atoms with Gasteiger partial charge in [0.1, 0.15) is 17.9 Å². The topological polar surface area (TPSA) is 81.7 Å². The second-order valence-corrected chi connectivity index (χ2v) is 6.99. The van der Waals surface area contributed by atoms with Crippen molar-refractivity contribution in [3.63, 3.8) is 0 Å². The van der Waals surface area contributed by atoms with E-state index in [1.165, 1.54) is 6.07 Å². The molecule has 2 heterocycles. The van der Waals surface area contributed by atoms with E-state index >= 15 is 0 Å². The van der Waals surface area contributed by atoms with Gasteiger partial charge in [0.15, 0.2) is 5.75 Å². The first kappa shape index (κ1) is 19.5. The van der Waals surface area contributed by atoms with Crippen LogP contribution in [0.3, 0.4) is 0 Å². The molecule has 0 bridgehead atoms. The minimum atomic E-state index is -0.469. The maximum atomic E-state index is 12.5. The lowest BCUT2D eigenvalue weighted by Crippen LogP contribution is -2.17. The van der Waals surface area contributed by atoms with Crippen LogP contribution in [0.4, 0.5) is 0 Å². The summed E-state index contributed by atoms with van der Waals surface area (Å²) in [5.41, 5.74) is 1.49. The zero-order chi connectivity index (χ0) is 21.1. The quantitative estimate of drug-likeness (QED) is 0.495. The van der Waals surface area contributed by atoms with Crippen molar-refractivity contribution in [3.8, 4) is 11.5 Å². The number of aromatic hydroxyl groups is 1. The van der Waals surface area contributed by atoms with Gasteiger partial charge in [-0.3, -0.25) is 4.79 Å². The van der Waals surface area contributed by atoms with E-state index in [-0.39, 0.29) is 12.3 Å². The van der Waals surface area contributed by atoms with Crippen molar-refractivity contribution < 1.29 is 14.3 Å². The van der Waals surface area contributed by atoms with Gasteiger partial charge >= 0.3 is 5.63 Å². The summed E-state index contributed by atoms with van der Waals surface area (Å²) in [6.45, 7) is 2.46. The monoisotopic (exact) mass is 403 g/mol. The zero-order valence-corrected chi connectivity index (χ0v) is 16.5. The van der Waals surface area contributed by atoms with Crippen LogP contribution in [0, 0.1) is 0 Å². The predicted molar refractivity (Wildman–Crippen MR) is 114 cm³/mol. The standard InChI is InChI=1S/C24H21NO5/c1-2-20-23(27)21(26)10-11-25(20)14-18-12-17-8-9-19(13-22(17)30-24(18)28)29-15-16-6-4-3-5-7-16/h3-13,27H,2,14-15H2,1H3. The number of nitrogens with zero attached hydrogens (tertiary/aromatic N) is 1. The maximum Gasteiger partial charge on any atom is 0.341 e. The van der Waals surface area contributed by atoms with Gasteiger partial charge in [0.05, 0.1) is 17.8 Å². The highest BCUT2D eigenvalue weighted by atomic mass is 16.5. The number of hydrogen-bond acceptors (Lipinski definition) is 5. The molecule has 0 radical (unpaired) electrons. The summed E-state index contributed by atoms with van der Waals surface area (Å²) in [5, 5.41) is 10.8. The minimum absolute atomic E-state index is 0.196. The van der Waals surface area contributed by atoms with Crippen molar-refractivity contribution in [2.45, 2.75) is 26.5 Å². The van der Waals surface area contributed by atoms with Gasteiger partial charge in [-0.05, 0) is 30.2 Å². The third-order valence-corrected chi connectivity index (χ3v) is 4.96. The molecule has 4 aromatic rings. The lowest BCUT2D eigenvalue weighted by molar-refractivity contribution is 0.306. The molecule has 0 spiro atoms. The number of benzene rings is 2. The van der Waals surface area contributed by atoms with Crippen molar-refractivity contribution in [2.75, 3.05) is 0 Å². The summed E-state index contributed by atoms with van der Waals surface area (Å²) in [5.74, 6) is 0.325. The largest absolute Gasteiger partial charge is 0.503 e. The fourth-order valence-electron chi connectivity index (χ4n) is 3.38. The Morgan fingerprint density at radius 2 is 1.83 bits per heavy atom. The van der Waals surface area contributed by atoms with Crippen molar-refractivity contribution in [3.05, 3.63) is 104 Å². The molecule has 0 aliphatic carbocycles. The molecule has 152 valence electrons. The number of hydrogen-bond donors (Lipinski definition) is 1. The molecule has 4 rings (SSSR count). The molecule has 2 aromatic carbocycles. The Morgan fingerprint density at radius 3 is 2.60 bits per heavy atom. The average molecular weight is 403 g/mol. The molecule has 0 aliphatic rings. The number of fused-ring (bicyclic) bond motifs is 1. The van der Waals surface area contributed by atoms with Crippen LogP contribution in [0.5, 0.6) is 11.5 Å². The molecule has 6 nitrogen and oxygen atoms in total. The number of aromatic nitrogens is 1. The van der Waals surface area contributed by atoms with Crippen molar-refractivity contribution in [2.24, 2.45) is 0 Å². The minimum Gasteiger partial charge on any atom is -0.503 e. The van der Waals surface area contributed by atoms with Gasteiger partial charge in [-0.1, -0.05) is 37.3 Å². The van der Waals surface area contributed by atoms with Gasteiger partial charge in [0.25, 0.3) is 0 Å². The summed E-state index contributed by atoms with van der Waals surface area (Å²) in [6.07, 6.45) is 2.04. The van der Waals surface area contributed by atoms with Crippen molar-refractivity contribution in [1.82, 2.24) is 4.57 Å². The Bertz CT molecular complexity index is 1300. The molecule has 2 aromatic heterocycles. The van der Waals surface area contributed by atoms with Crippen molar-refractivity contribution in [1.29, 1.82) is 0 Å². The summed E-state index contributed by atoms with van der Waals surface area (Å²) in [4.78, 5) is 24.2. The molecule has 0 unspecified atom stereocenters. The molecule has 1 N–H and O–H groups in total. The highest BCUT2D eigenvalue weighted by Gasteiger charge is 2.12. The Kier molecular flexibility index (Phi) is 5.39. The normalized spacial score (nSPS) is 11.0. The molecule has 0 fully saturated rings. The van der Waals surface area contributed by atoms with Crippen LogP contribution in [0.1, 0.15) is 23.7 Å². The Morgan fingerprint density at radius 1 is 1.03 bits per heavy atom. The van der Waals surface area contributed by atoms with E-state index in [1.54, 1.807) is 22.9 Å². The van der Waals surface area contributed by atoms with Crippen LogP contribution in [-0.2, 0) is 19.6 Å². The molecule has 0 amide bonds. The van der Waals surface area contributed by atoms with E-state index in [1.807, 2.05) is 49.4 Å². The van der Waals surface area contributed by atoms with Crippen LogP contribution in [-0.4, -0.2) is 9.67 Å². The number of ether oxygens (including phenoxy) is 1. The Labute approximate surface area is 172 Å². The summed E-state index contributed by atoms with van der Waals surface area (Å²) >= 11 is 0. The first-order chi connectivity index (χ1) is 14.5. The molecular formula is C24H21NO5. The van der Waals surface area contributed by atoms with E-state index < -0.39 is 11.1 Å². The second-order valence-electron chi connectivity index (χ2n) is 6.99. The van der Waals surface area contributed by atoms with Crippen molar-refractivity contribution >= 4 is 11.0 Å². The van der Waals surface area contributed by atoms with Gasteiger partial charge in [-0.15, -0.1) is 0 Å². The first-order valence-corrected chi connectivity index (χ1v) is 9.70. The third-order valence-electron chi connectivity index (χ3n) is 4.96. The molecule has 30 heavy (non-hydrogen) atoms. The molecule has 0 saturated carbocycles. The average Bonchev–Trinajstić information content (AvgIpc) is 2.76. The summed E-state index contributed by atoms with van der Waals surface area (Å²) in [7, 11) is 0. The van der Waals surface area contributed by atoms with Crippen LogP contribution >= 0.6 is 0 Å². The van der Waals surface area contributed by atoms with E-state index in [4.69, 9.17) is 9.15 Å². The summed E-state index contributed by atoms with van der Waals surface area (Å²) < 4.78 is 13.0. The van der Waals surface area contributed by atoms with Crippen LogP contribution < -0.4 is 15.8 Å². The first-order valence-electron chi connectivity index (χ1n) is 9.70. The Hall–Kier alpha value is -3.80. The highest BCUT2D eigenvalue weighted by Crippen LogP contribution is 2.22. The zero-order valence-electron chi connectivity index (χ0n) is 16.5. The van der Waals surface area contributed by atoms with Crippen LogP contribution in [0.25, 0.3) is 11.0 Å². The smallest absolute Gasteiger partial charge is 0.341 e. The van der Waals surface area contributed by atoms with Crippen LogP contribution in [0.2, 0.25) is 0 Å². The molecule has 0 atom stereocenters. The molecule has 0 saturated heterocycles. The predicted octanol–water partition coefficient (Wildman–Crippen LogP) is 3.85. The second kappa shape index (κ2) is 8.29. The maximum absolute atomic E-state index is 12.5. The highest BCUT2D eigenvalue weighted by molar-refractivity contribution is 5.78. The number of rotatable bonds is 6. The fourth-order valence-corrected chi connectivity index (χ4v) is 3.38. The molecular weight excluding hydrogens is 382 g/mol. The molecule has 6 heteroatoms. The Balaban J connectivity index is 1.61. The summed E-state index contributed by atoms with van der Waals surface area (Å²) in [6, 6.07) is 18.2. The van der Waals surface area contributed by atoms with Gasteiger partial charge in [-0.25, -0.2) is 4.79 Å². The van der Waals surface area contributed by atoms with Gasteiger partial charge in [-0.2, -0.15) is 0 Å². The molecule has 0 aliphatic heterocycles. The van der Waals surface area contributed by atoms with Gasteiger partial charge in [0.2, 0.25) is 5.43 Å². The van der Waals surface area contributed by atoms with E-state index in [0.29, 0.717) is 35.6 Å². The lowest BCUT2D eigenvalue weighted by atomic mass is 10.1. The van der Waals surface area contributed by atoms with Gasteiger partial charge in [0, 0.05) is 23.7 Å². The fraction of sp³-hybridized carbons (Fsp3) is 0.167.